The Bertz CT molecular complexity index is 935. The molecule has 3 nitrogen and oxygen atoms in total. The Morgan fingerprint density at radius 3 is 2.86 bits per heavy atom. The largest absolute Gasteiger partial charge is 0.297 e. The van der Waals surface area contributed by atoms with Gasteiger partial charge in [-0.25, -0.2) is 9.97 Å². The maximum atomic E-state index is 6.00. The zero-order valence-electron chi connectivity index (χ0n) is 11.1. The summed E-state index contributed by atoms with van der Waals surface area (Å²) in [5, 5.41) is 3.05. The Morgan fingerprint density at radius 1 is 1.14 bits per heavy atom. The number of aryl methyl sites for hydroxylation is 1. The summed E-state index contributed by atoms with van der Waals surface area (Å²) < 4.78 is 2.87. The molecule has 104 valence electrons. The second-order valence-corrected chi connectivity index (χ2v) is 7.19. The van der Waals surface area contributed by atoms with Gasteiger partial charge in [0.15, 0.2) is 0 Å². The molecule has 0 saturated carbocycles. The molecule has 4 aromatic rings. The summed E-state index contributed by atoms with van der Waals surface area (Å²) in [6.45, 7) is 2.02. The van der Waals surface area contributed by atoms with E-state index < -0.39 is 0 Å². The second-order valence-electron chi connectivity index (χ2n) is 4.62. The summed E-state index contributed by atoms with van der Waals surface area (Å²) >= 11 is 9.18. The molecule has 21 heavy (non-hydrogen) atoms. The molecule has 0 saturated heterocycles. The highest BCUT2D eigenvalue weighted by Crippen LogP contribution is 2.35. The van der Waals surface area contributed by atoms with E-state index in [1.165, 1.54) is 0 Å². The van der Waals surface area contributed by atoms with Crippen molar-refractivity contribution < 1.29 is 0 Å². The third-order valence-electron chi connectivity index (χ3n) is 3.24. The first kappa shape index (κ1) is 13.0. The fourth-order valence-corrected chi connectivity index (χ4v) is 4.31. The van der Waals surface area contributed by atoms with Crippen molar-refractivity contribution in [3.05, 3.63) is 51.9 Å². The molecule has 0 bridgehead atoms. The smallest absolute Gasteiger partial charge is 0.142 e. The molecule has 0 fully saturated rings. The minimum atomic E-state index is 0.783. The highest BCUT2D eigenvalue weighted by atomic mass is 35.5. The van der Waals surface area contributed by atoms with Crippen LogP contribution in [-0.2, 0) is 0 Å². The van der Waals surface area contributed by atoms with Gasteiger partial charge in [0, 0.05) is 11.6 Å². The molecule has 0 aliphatic carbocycles. The van der Waals surface area contributed by atoms with E-state index in [1.54, 1.807) is 22.7 Å². The van der Waals surface area contributed by atoms with Crippen molar-refractivity contribution >= 4 is 39.9 Å². The molecule has 0 atom stereocenters. The number of fused-ring (bicyclic) bond motifs is 1. The number of nitrogens with zero attached hydrogens (tertiary/aromatic N) is 3. The van der Waals surface area contributed by atoms with Crippen LogP contribution in [0.5, 0.6) is 0 Å². The van der Waals surface area contributed by atoms with Gasteiger partial charge in [-0.3, -0.25) is 4.40 Å². The number of aromatic nitrogens is 3. The Hall–Kier alpha value is -1.69. The monoisotopic (exact) mass is 331 g/mol. The summed E-state index contributed by atoms with van der Waals surface area (Å²) in [5.74, 6) is 0. The van der Waals surface area contributed by atoms with Crippen LogP contribution < -0.4 is 0 Å². The lowest BCUT2D eigenvalue weighted by Crippen LogP contribution is -1.87. The van der Waals surface area contributed by atoms with Crippen molar-refractivity contribution in [1.29, 1.82) is 0 Å². The van der Waals surface area contributed by atoms with E-state index >= 15 is 0 Å². The Kier molecular flexibility index (Phi) is 3.06. The van der Waals surface area contributed by atoms with Gasteiger partial charge in [0.25, 0.3) is 0 Å². The lowest BCUT2D eigenvalue weighted by atomic mass is 10.3. The third kappa shape index (κ3) is 2.18. The van der Waals surface area contributed by atoms with Crippen molar-refractivity contribution in [2.24, 2.45) is 0 Å². The van der Waals surface area contributed by atoms with Crippen LogP contribution in [0.2, 0.25) is 4.34 Å². The zero-order valence-corrected chi connectivity index (χ0v) is 13.5. The standard InChI is InChI=1S/C15H10ClN3S2/c1-9-14(19-7-3-2-4-13(19)17-9)15-18-10(8-20-15)11-5-6-12(16)21-11/h2-8H,1H3. The topological polar surface area (TPSA) is 30.2 Å². The molecular formula is C15H10ClN3S2. The molecule has 4 heterocycles. The molecule has 0 aliphatic rings. The molecule has 4 aromatic heterocycles. The maximum Gasteiger partial charge on any atom is 0.142 e. The number of hydrogen-bond acceptors (Lipinski definition) is 4. The molecule has 6 heteroatoms. The number of rotatable bonds is 2. The SMILES string of the molecule is Cc1nc2ccccn2c1-c1nc(-c2ccc(Cl)s2)cs1. The van der Waals surface area contributed by atoms with Gasteiger partial charge in [0.05, 0.1) is 20.6 Å². The summed E-state index contributed by atoms with van der Waals surface area (Å²) in [4.78, 5) is 10.4. The summed E-state index contributed by atoms with van der Waals surface area (Å²) in [7, 11) is 0. The lowest BCUT2D eigenvalue weighted by molar-refractivity contribution is 1.18. The van der Waals surface area contributed by atoms with Crippen molar-refractivity contribution in [1.82, 2.24) is 14.4 Å². The van der Waals surface area contributed by atoms with Crippen LogP contribution in [0.1, 0.15) is 5.69 Å². The average Bonchev–Trinajstić information content (AvgIpc) is 3.15. The number of pyridine rings is 1. The van der Waals surface area contributed by atoms with Crippen LogP contribution in [0.25, 0.3) is 26.9 Å². The minimum absolute atomic E-state index is 0.783. The number of imidazole rings is 1. The normalized spacial score (nSPS) is 11.3. The summed E-state index contributed by atoms with van der Waals surface area (Å²) in [5.41, 5.74) is 3.97. The molecule has 0 aliphatic heterocycles. The average molecular weight is 332 g/mol. The van der Waals surface area contributed by atoms with Crippen molar-refractivity contribution in [2.45, 2.75) is 6.92 Å². The number of thiazole rings is 1. The van der Waals surface area contributed by atoms with E-state index in [1.807, 2.05) is 43.5 Å². The van der Waals surface area contributed by atoms with Crippen LogP contribution in [0.3, 0.4) is 0 Å². The van der Waals surface area contributed by atoms with Gasteiger partial charge in [-0.2, -0.15) is 0 Å². The van der Waals surface area contributed by atoms with E-state index in [4.69, 9.17) is 16.6 Å². The Labute approximate surface area is 134 Å². The first-order valence-electron chi connectivity index (χ1n) is 6.37. The van der Waals surface area contributed by atoms with Gasteiger partial charge in [0.2, 0.25) is 0 Å². The van der Waals surface area contributed by atoms with Gasteiger partial charge >= 0.3 is 0 Å². The molecule has 0 aromatic carbocycles. The molecule has 0 N–H and O–H groups in total. The van der Waals surface area contributed by atoms with Gasteiger partial charge in [-0.1, -0.05) is 17.7 Å². The molecule has 0 amide bonds. The summed E-state index contributed by atoms with van der Waals surface area (Å²) in [6.07, 6.45) is 2.02. The molecule has 0 spiro atoms. The summed E-state index contributed by atoms with van der Waals surface area (Å²) in [6, 6.07) is 9.91. The third-order valence-corrected chi connectivity index (χ3v) is 5.34. The molecular weight excluding hydrogens is 322 g/mol. The highest BCUT2D eigenvalue weighted by molar-refractivity contribution is 7.20. The number of thiophene rings is 1. The highest BCUT2D eigenvalue weighted by Gasteiger charge is 2.15. The van der Waals surface area contributed by atoms with Gasteiger partial charge in [-0.15, -0.1) is 22.7 Å². The Morgan fingerprint density at radius 2 is 2.05 bits per heavy atom. The maximum absolute atomic E-state index is 6.00. The fraction of sp³-hybridized carbons (Fsp3) is 0.0667. The lowest BCUT2D eigenvalue weighted by Gasteiger charge is -1.98. The van der Waals surface area contributed by atoms with E-state index in [9.17, 15) is 0 Å². The minimum Gasteiger partial charge on any atom is -0.297 e. The number of hydrogen-bond donors (Lipinski definition) is 0. The van der Waals surface area contributed by atoms with Crippen molar-refractivity contribution in [3.8, 4) is 21.3 Å². The number of halogens is 1. The quantitative estimate of drug-likeness (QED) is 0.508. The zero-order chi connectivity index (χ0) is 14.4. The van der Waals surface area contributed by atoms with Crippen molar-refractivity contribution in [2.75, 3.05) is 0 Å². The van der Waals surface area contributed by atoms with Gasteiger partial charge in [0.1, 0.15) is 16.3 Å². The first-order chi connectivity index (χ1) is 10.2. The first-order valence-corrected chi connectivity index (χ1v) is 8.45. The van der Waals surface area contributed by atoms with E-state index in [2.05, 4.69) is 14.8 Å². The van der Waals surface area contributed by atoms with Crippen LogP contribution in [0, 0.1) is 6.92 Å². The van der Waals surface area contributed by atoms with E-state index in [-0.39, 0.29) is 0 Å². The van der Waals surface area contributed by atoms with Crippen LogP contribution in [0.4, 0.5) is 0 Å². The van der Waals surface area contributed by atoms with E-state index in [0.717, 1.165) is 37.0 Å². The second kappa shape index (κ2) is 4.94. The van der Waals surface area contributed by atoms with E-state index in [0.29, 0.717) is 0 Å². The predicted octanol–water partition coefficient (Wildman–Crippen LogP) is 5.15. The van der Waals surface area contributed by atoms with Gasteiger partial charge in [-0.05, 0) is 31.2 Å². The molecule has 0 unspecified atom stereocenters. The van der Waals surface area contributed by atoms with Crippen LogP contribution in [-0.4, -0.2) is 14.4 Å². The van der Waals surface area contributed by atoms with Crippen LogP contribution >= 0.6 is 34.3 Å². The molecule has 0 radical (unpaired) electrons. The van der Waals surface area contributed by atoms with Crippen LogP contribution in [0.15, 0.2) is 41.9 Å². The fourth-order valence-electron chi connectivity index (χ4n) is 2.32. The Balaban J connectivity index is 1.86. The van der Waals surface area contributed by atoms with Crippen molar-refractivity contribution in [3.63, 3.8) is 0 Å². The predicted molar refractivity (Wildman–Crippen MR) is 89.4 cm³/mol. The van der Waals surface area contributed by atoms with Gasteiger partial charge < -0.3 is 0 Å². The molecule has 4 rings (SSSR count).